The van der Waals surface area contributed by atoms with E-state index in [1.54, 1.807) is 13.1 Å². The second-order valence-corrected chi connectivity index (χ2v) is 8.35. The number of benzene rings is 1. The second kappa shape index (κ2) is 8.60. The van der Waals surface area contributed by atoms with E-state index in [0.29, 0.717) is 5.69 Å². The molecule has 1 heterocycles. The van der Waals surface area contributed by atoms with Gasteiger partial charge in [-0.3, -0.25) is 14.3 Å². The highest BCUT2D eigenvalue weighted by Crippen LogP contribution is 2.17. The van der Waals surface area contributed by atoms with Crippen molar-refractivity contribution < 1.29 is 22.7 Å². The van der Waals surface area contributed by atoms with E-state index >= 15 is 0 Å². The third-order valence-electron chi connectivity index (χ3n) is 3.22. The number of carbonyl (C=O) groups is 2. The van der Waals surface area contributed by atoms with Crippen LogP contribution < -0.4 is 10.0 Å². The summed E-state index contributed by atoms with van der Waals surface area (Å²) in [6.07, 6.45) is 2.45. The van der Waals surface area contributed by atoms with Gasteiger partial charge in [-0.1, -0.05) is 0 Å². The molecule has 1 amide bonds. The molecule has 11 heteroatoms. The van der Waals surface area contributed by atoms with E-state index in [1.165, 1.54) is 10.9 Å². The Labute approximate surface area is 164 Å². The normalized spacial score (nSPS) is 11.2. The summed E-state index contributed by atoms with van der Waals surface area (Å²) < 4.78 is 33.1. The maximum Gasteiger partial charge on any atom is 0.321 e. The molecule has 2 N–H and O–H groups in total. The average Bonchev–Trinajstić information content (AvgIpc) is 3.01. The van der Waals surface area contributed by atoms with Gasteiger partial charge in [0, 0.05) is 22.5 Å². The van der Waals surface area contributed by atoms with Gasteiger partial charge in [-0.05, 0) is 53.3 Å². The number of aryl methyl sites for hydroxylation is 2. The highest BCUT2D eigenvalue weighted by molar-refractivity contribution is 14.1. The fraction of sp³-hybridized carbons (Fsp3) is 0.267. The monoisotopic (exact) mass is 492 g/mol. The van der Waals surface area contributed by atoms with Crippen molar-refractivity contribution in [3.8, 4) is 0 Å². The van der Waals surface area contributed by atoms with Gasteiger partial charge in [-0.25, -0.2) is 8.42 Å². The number of nitrogens with one attached hydrogen (secondary N) is 2. The minimum Gasteiger partial charge on any atom is -0.455 e. The second-order valence-electron chi connectivity index (χ2n) is 5.34. The number of hydrogen-bond acceptors (Lipinski definition) is 6. The van der Waals surface area contributed by atoms with Crippen molar-refractivity contribution >= 4 is 50.2 Å². The van der Waals surface area contributed by atoms with E-state index in [4.69, 9.17) is 4.74 Å². The smallest absolute Gasteiger partial charge is 0.321 e. The summed E-state index contributed by atoms with van der Waals surface area (Å²) in [6, 6.07) is 5.48. The van der Waals surface area contributed by atoms with Gasteiger partial charge in [0.05, 0.1) is 6.20 Å². The minimum atomic E-state index is -3.87. The number of hydrogen-bond donors (Lipinski definition) is 2. The van der Waals surface area contributed by atoms with Crippen LogP contribution in [-0.2, 0) is 31.4 Å². The lowest BCUT2D eigenvalue weighted by Crippen LogP contribution is -2.32. The van der Waals surface area contributed by atoms with E-state index in [-0.39, 0.29) is 4.90 Å². The molecular formula is C15H17IN4O5S. The molecular weight excluding hydrogens is 475 g/mol. The van der Waals surface area contributed by atoms with E-state index in [9.17, 15) is 18.0 Å². The number of ether oxygens (including phenoxy) is 1. The molecule has 0 fully saturated rings. The molecule has 0 saturated carbocycles. The number of aromatic nitrogens is 2. The molecule has 0 bridgehead atoms. The van der Waals surface area contributed by atoms with Crippen LogP contribution in [0.5, 0.6) is 0 Å². The number of halogens is 1. The Kier molecular flexibility index (Phi) is 6.72. The first-order chi connectivity index (χ1) is 12.2. The van der Waals surface area contributed by atoms with Crippen LogP contribution in [0.2, 0.25) is 0 Å². The zero-order valence-electron chi connectivity index (χ0n) is 14.0. The lowest BCUT2D eigenvalue weighted by Gasteiger charge is -2.09. The molecule has 0 aliphatic rings. The highest BCUT2D eigenvalue weighted by atomic mass is 127. The summed E-state index contributed by atoms with van der Waals surface area (Å²) in [6.45, 7) is 0.739. The van der Waals surface area contributed by atoms with E-state index in [0.717, 1.165) is 15.3 Å². The molecule has 0 atom stereocenters. The molecule has 140 valence electrons. The molecule has 0 aliphatic carbocycles. The number of nitrogens with zero attached hydrogens (tertiary/aromatic N) is 2. The first-order valence-corrected chi connectivity index (χ1v) is 9.93. The first kappa shape index (κ1) is 20.3. The number of amides is 1. The lowest BCUT2D eigenvalue weighted by atomic mass is 10.2. The third kappa shape index (κ3) is 5.78. The van der Waals surface area contributed by atoms with Crippen LogP contribution in [0.4, 0.5) is 5.69 Å². The molecule has 0 saturated heterocycles. The molecule has 0 aliphatic heterocycles. The van der Waals surface area contributed by atoms with Gasteiger partial charge in [0.25, 0.3) is 5.91 Å². The number of carbonyl (C=O) groups excluding carboxylic acids is 2. The topological polar surface area (TPSA) is 119 Å². The summed E-state index contributed by atoms with van der Waals surface area (Å²) in [5.41, 5.74) is 1.49. The van der Waals surface area contributed by atoms with Crippen LogP contribution in [0.25, 0.3) is 0 Å². The quantitative estimate of drug-likeness (QED) is 0.436. The molecule has 9 nitrogen and oxygen atoms in total. The van der Waals surface area contributed by atoms with Crippen LogP contribution in [-0.4, -0.2) is 43.2 Å². The van der Waals surface area contributed by atoms with Crippen molar-refractivity contribution in [2.75, 3.05) is 18.5 Å². The molecule has 26 heavy (non-hydrogen) atoms. The van der Waals surface area contributed by atoms with Crippen LogP contribution in [0, 0.1) is 10.5 Å². The SMILES string of the molecule is Cc1cc(I)ccc1NC(=O)COC(=O)CNS(=O)(=O)c1cnn(C)c1. The van der Waals surface area contributed by atoms with Crippen molar-refractivity contribution in [2.45, 2.75) is 11.8 Å². The van der Waals surface area contributed by atoms with E-state index in [2.05, 4.69) is 37.7 Å². The number of anilines is 1. The van der Waals surface area contributed by atoms with Crippen LogP contribution >= 0.6 is 22.6 Å². The van der Waals surface area contributed by atoms with Crippen molar-refractivity contribution in [1.29, 1.82) is 0 Å². The van der Waals surface area contributed by atoms with Gasteiger partial charge < -0.3 is 10.1 Å². The van der Waals surface area contributed by atoms with Crippen molar-refractivity contribution in [2.24, 2.45) is 7.05 Å². The average molecular weight is 492 g/mol. The summed E-state index contributed by atoms with van der Waals surface area (Å²) in [4.78, 5) is 23.4. The van der Waals surface area contributed by atoms with Crippen molar-refractivity contribution in [1.82, 2.24) is 14.5 Å². The third-order valence-corrected chi connectivity index (χ3v) is 5.25. The summed E-state index contributed by atoms with van der Waals surface area (Å²) in [5.74, 6) is -1.38. The largest absolute Gasteiger partial charge is 0.455 e. The molecule has 0 spiro atoms. The molecule has 0 unspecified atom stereocenters. The predicted octanol–water partition coefficient (Wildman–Crippen LogP) is 0.793. The number of rotatable bonds is 7. The Hall–Kier alpha value is -1.99. The summed E-state index contributed by atoms with van der Waals surface area (Å²) >= 11 is 2.16. The fourth-order valence-electron chi connectivity index (χ4n) is 1.93. The van der Waals surface area contributed by atoms with Gasteiger partial charge >= 0.3 is 5.97 Å². The Bertz CT molecular complexity index is 926. The molecule has 2 aromatic rings. The van der Waals surface area contributed by atoms with E-state index < -0.39 is 35.1 Å². The molecule has 2 rings (SSSR count). The van der Waals surface area contributed by atoms with Crippen LogP contribution in [0.15, 0.2) is 35.5 Å². The first-order valence-electron chi connectivity index (χ1n) is 7.37. The number of esters is 1. The Balaban J connectivity index is 1.80. The maximum atomic E-state index is 11.9. The molecule has 1 aromatic heterocycles. The van der Waals surface area contributed by atoms with Gasteiger partial charge in [0.2, 0.25) is 10.0 Å². The number of sulfonamides is 1. The Morgan fingerprint density at radius 1 is 1.35 bits per heavy atom. The zero-order chi connectivity index (χ0) is 19.3. The Morgan fingerprint density at radius 3 is 2.69 bits per heavy atom. The van der Waals surface area contributed by atoms with Crippen LogP contribution in [0.3, 0.4) is 0 Å². The molecule has 0 radical (unpaired) electrons. The van der Waals surface area contributed by atoms with Crippen molar-refractivity contribution in [3.63, 3.8) is 0 Å². The highest BCUT2D eigenvalue weighted by Gasteiger charge is 2.18. The summed E-state index contributed by atoms with van der Waals surface area (Å²) in [5, 5.41) is 6.37. The van der Waals surface area contributed by atoms with Gasteiger partial charge in [-0.2, -0.15) is 9.82 Å². The Morgan fingerprint density at radius 2 is 2.08 bits per heavy atom. The van der Waals surface area contributed by atoms with Crippen molar-refractivity contribution in [3.05, 3.63) is 39.7 Å². The predicted molar refractivity (Wildman–Crippen MR) is 102 cm³/mol. The van der Waals surface area contributed by atoms with Gasteiger partial charge in [0.1, 0.15) is 11.4 Å². The lowest BCUT2D eigenvalue weighted by molar-refractivity contribution is -0.146. The molecule has 1 aromatic carbocycles. The summed E-state index contributed by atoms with van der Waals surface area (Å²) in [7, 11) is -2.30. The van der Waals surface area contributed by atoms with Gasteiger partial charge in [0.15, 0.2) is 6.61 Å². The maximum absolute atomic E-state index is 11.9. The zero-order valence-corrected chi connectivity index (χ0v) is 17.0. The minimum absolute atomic E-state index is 0.0697. The van der Waals surface area contributed by atoms with Crippen LogP contribution in [0.1, 0.15) is 5.56 Å². The van der Waals surface area contributed by atoms with Gasteiger partial charge in [-0.15, -0.1) is 0 Å². The fourth-order valence-corrected chi connectivity index (χ4v) is 3.52. The van der Waals surface area contributed by atoms with E-state index in [1.807, 2.05) is 19.1 Å². The standard InChI is InChI=1S/C15H17IN4O5S/c1-10-5-11(16)3-4-13(10)19-14(21)9-25-15(22)7-18-26(23,24)12-6-17-20(2)8-12/h3-6,8,18H,7,9H2,1-2H3,(H,19,21).